The average Bonchev–Trinajstić information content (AvgIpc) is 3.31. The summed E-state index contributed by atoms with van der Waals surface area (Å²) in [6.45, 7) is 8.95. The first kappa shape index (κ1) is 20.4. The Labute approximate surface area is 206 Å². The molecule has 34 heavy (non-hydrogen) atoms. The van der Waals surface area contributed by atoms with Gasteiger partial charge in [0.2, 0.25) is 0 Å². The Morgan fingerprint density at radius 1 is 0.735 bits per heavy atom. The quantitative estimate of drug-likeness (QED) is 0.396. The maximum absolute atomic E-state index is 10.4. The number of allylic oxidation sites excluding steroid dienone is 1. The smallest absolute Gasteiger partial charge is 0.133 e. The number of nitrogens with zero attached hydrogens (tertiary/aromatic N) is 2. The van der Waals surface area contributed by atoms with Crippen LogP contribution in [0.2, 0.25) is 0 Å². The van der Waals surface area contributed by atoms with E-state index in [-0.39, 0.29) is 6.17 Å². The number of hydrogen-bond donors (Lipinski definition) is 0. The van der Waals surface area contributed by atoms with E-state index in [4.69, 9.17) is 0 Å². The molecule has 0 spiro atoms. The molecule has 2 aliphatic heterocycles. The zero-order chi connectivity index (χ0) is 24.3. The van der Waals surface area contributed by atoms with Gasteiger partial charge in [-0.1, -0.05) is 79.9 Å². The van der Waals surface area contributed by atoms with Crippen molar-refractivity contribution in [3.8, 4) is 0 Å². The Hall–Kier alpha value is -3.00. The molecule has 2 heterocycles. The molecule has 2 atom stereocenters. The second-order valence-electron chi connectivity index (χ2n) is 10.4. The summed E-state index contributed by atoms with van der Waals surface area (Å²) in [4.78, 5) is 5.05. The van der Waals surface area contributed by atoms with Crippen molar-refractivity contribution in [2.24, 2.45) is 5.92 Å². The molecule has 1 fully saturated rings. The van der Waals surface area contributed by atoms with Crippen LogP contribution in [0.15, 0.2) is 72.4 Å². The van der Waals surface area contributed by atoms with E-state index in [1.165, 1.54) is 69.7 Å². The fourth-order valence-electron chi connectivity index (χ4n) is 6.76. The Bertz CT molecular complexity index is 1300. The third-order valence-corrected chi connectivity index (χ3v) is 8.32. The van der Waals surface area contributed by atoms with Crippen molar-refractivity contribution in [1.82, 2.24) is 4.90 Å². The van der Waals surface area contributed by atoms with Crippen molar-refractivity contribution in [1.29, 1.82) is 0 Å². The first-order valence-electron chi connectivity index (χ1n) is 13.5. The summed E-state index contributed by atoms with van der Waals surface area (Å²) in [5, 5.41) is 0. The third-order valence-electron chi connectivity index (χ3n) is 8.32. The van der Waals surface area contributed by atoms with Crippen LogP contribution in [0.3, 0.4) is 0 Å². The van der Waals surface area contributed by atoms with E-state index in [9.17, 15) is 1.37 Å². The molecule has 0 amide bonds. The van der Waals surface area contributed by atoms with Gasteiger partial charge in [-0.3, -0.25) is 0 Å². The predicted octanol–water partition coefficient (Wildman–Crippen LogP) is 8.46. The van der Waals surface area contributed by atoms with Crippen molar-refractivity contribution in [2.45, 2.75) is 72.0 Å². The Morgan fingerprint density at radius 3 is 2.12 bits per heavy atom. The lowest BCUT2D eigenvalue weighted by Crippen LogP contribution is -2.37. The highest BCUT2D eigenvalue weighted by atomic mass is 15.4. The third kappa shape index (κ3) is 3.15. The molecule has 2 nitrogen and oxygen atoms in total. The first-order chi connectivity index (χ1) is 16.9. The summed E-state index contributed by atoms with van der Waals surface area (Å²) in [7, 11) is 0. The summed E-state index contributed by atoms with van der Waals surface area (Å²) in [5.74, 6) is 0.325. The van der Waals surface area contributed by atoms with Crippen LogP contribution in [0.25, 0.3) is 5.70 Å². The first-order valence-corrected chi connectivity index (χ1v) is 13.0. The minimum absolute atomic E-state index is 0.0425. The minimum Gasteiger partial charge on any atom is -0.338 e. The van der Waals surface area contributed by atoms with Crippen LogP contribution >= 0.6 is 0 Å². The van der Waals surface area contributed by atoms with Gasteiger partial charge in [-0.05, 0) is 74.8 Å². The normalized spacial score (nSPS) is 24.9. The highest BCUT2D eigenvalue weighted by Crippen LogP contribution is 2.59. The van der Waals surface area contributed by atoms with Crippen LogP contribution < -0.4 is 4.90 Å². The average molecular weight is 450 g/mol. The summed E-state index contributed by atoms with van der Waals surface area (Å²) < 4.78 is 10.4. The standard InChI is InChI=1S/C32H36N2/c1-21-13-8-11-20-28(21)33-24(4)30-26-18-9-10-19-27(26)31(25-16-6-5-7-17-25)34(30)32(33)29-22(2)14-12-15-23(29)3/h8-15,18-20,25,31-32H,5-7,16-17H2,1-4H3/i31D. The molecule has 2 heteroatoms. The monoisotopic (exact) mass is 449 g/mol. The van der Waals surface area contributed by atoms with E-state index in [0.29, 0.717) is 5.92 Å². The molecule has 3 aromatic rings. The largest absolute Gasteiger partial charge is 0.338 e. The molecule has 2 unspecified atom stereocenters. The molecule has 0 saturated heterocycles. The summed E-state index contributed by atoms with van der Waals surface area (Å²) >= 11 is 0. The number of fused-ring (bicyclic) bond motifs is 3. The highest BCUT2D eigenvalue weighted by molar-refractivity contribution is 5.82. The van der Waals surface area contributed by atoms with Crippen molar-refractivity contribution in [3.63, 3.8) is 0 Å². The lowest BCUT2D eigenvalue weighted by molar-refractivity contribution is 0.155. The molecule has 1 saturated carbocycles. The van der Waals surface area contributed by atoms with Crippen LogP contribution in [0.5, 0.6) is 0 Å². The molecule has 0 bridgehead atoms. The van der Waals surface area contributed by atoms with Gasteiger partial charge in [-0.15, -0.1) is 0 Å². The van der Waals surface area contributed by atoms with Gasteiger partial charge in [-0.2, -0.15) is 0 Å². The summed E-state index contributed by atoms with van der Waals surface area (Å²) in [6, 6.07) is 23.4. The molecule has 0 aromatic heterocycles. The maximum atomic E-state index is 10.4. The van der Waals surface area contributed by atoms with Crippen molar-refractivity contribution in [3.05, 3.63) is 106 Å². The highest BCUT2D eigenvalue weighted by Gasteiger charge is 2.50. The number of anilines is 1. The number of benzene rings is 3. The topological polar surface area (TPSA) is 6.48 Å². The van der Waals surface area contributed by atoms with Gasteiger partial charge in [0.15, 0.2) is 0 Å². The maximum Gasteiger partial charge on any atom is 0.133 e. The van der Waals surface area contributed by atoms with Crippen molar-refractivity contribution in [2.75, 3.05) is 4.90 Å². The number of aryl methyl sites for hydroxylation is 3. The molecule has 3 aliphatic rings. The summed E-state index contributed by atoms with van der Waals surface area (Å²) in [6.07, 6.45) is 5.98. The van der Waals surface area contributed by atoms with Crippen LogP contribution in [0.4, 0.5) is 5.69 Å². The summed E-state index contributed by atoms with van der Waals surface area (Å²) in [5.41, 5.74) is 11.4. The van der Waals surface area contributed by atoms with E-state index in [0.717, 1.165) is 12.8 Å². The second-order valence-corrected chi connectivity index (χ2v) is 10.4. The zero-order valence-electron chi connectivity index (χ0n) is 21.9. The minimum atomic E-state index is -0.773. The molecular weight excluding hydrogens is 412 g/mol. The molecule has 3 aromatic carbocycles. The van der Waals surface area contributed by atoms with Gasteiger partial charge in [-0.25, -0.2) is 0 Å². The van der Waals surface area contributed by atoms with E-state index in [1.807, 2.05) is 0 Å². The van der Waals surface area contributed by atoms with Gasteiger partial charge in [0.25, 0.3) is 0 Å². The van der Waals surface area contributed by atoms with Crippen molar-refractivity contribution < 1.29 is 1.37 Å². The van der Waals surface area contributed by atoms with E-state index >= 15 is 0 Å². The fraction of sp³-hybridized carbons (Fsp3) is 0.375. The van der Waals surface area contributed by atoms with E-state index < -0.39 is 6.02 Å². The molecule has 174 valence electrons. The molecular formula is C32H36N2. The fourth-order valence-corrected chi connectivity index (χ4v) is 6.76. The number of rotatable bonds is 3. The van der Waals surface area contributed by atoms with Gasteiger partial charge < -0.3 is 9.80 Å². The van der Waals surface area contributed by atoms with Gasteiger partial charge in [0.05, 0.1) is 13.1 Å². The molecule has 0 N–H and O–H groups in total. The predicted molar refractivity (Wildman–Crippen MR) is 143 cm³/mol. The SMILES string of the molecule is [2H]C1(C2CCCCC2)c2ccccc2C2=C(C)N(c3ccccc3C)C(c3c(C)cccc3C)N21. The van der Waals surface area contributed by atoms with E-state index in [2.05, 4.69) is 104 Å². The van der Waals surface area contributed by atoms with E-state index in [1.54, 1.807) is 0 Å². The number of para-hydroxylation sites is 1. The molecule has 0 radical (unpaired) electrons. The van der Waals surface area contributed by atoms with Gasteiger partial charge in [0, 0.05) is 22.5 Å². The van der Waals surface area contributed by atoms with Crippen LogP contribution in [-0.4, -0.2) is 4.90 Å². The Kier molecular flexibility index (Phi) is 5.00. The lowest BCUT2D eigenvalue weighted by Gasteiger charge is -2.42. The van der Waals surface area contributed by atoms with Crippen LogP contribution in [0, 0.1) is 26.7 Å². The number of hydrogen-bond acceptors (Lipinski definition) is 2. The van der Waals surface area contributed by atoms with Crippen molar-refractivity contribution >= 4 is 11.4 Å². The molecule has 6 rings (SSSR count). The van der Waals surface area contributed by atoms with Gasteiger partial charge >= 0.3 is 0 Å². The lowest BCUT2D eigenvalue weighted by atomic mass is 9.80. The van der Waals surface area contributed by atoms with Crippen LogP contribution in [0.1, 0.15) is 86.0 Å². The second kappa shape index (κ2) is 8.34. The van der Waals surface area contributed by atoms with Crippen LogP contribution in [-0.2, 0) is 0 Å². The Balaban J connectivity index is 1.66. The zero-order valence-corrected chi connectivity index (χ0v) is 20.9. The molecule has 1 aliphatic carbocycles. The van der Waals surface area contributed by atoms with Gasteiger partial charge in [0.1, 0.15) is 6.17 Å². The Morgan fingerprint density at radius 2 is 1.38 bits per heavy atom.